The molecule has 0 aromatic heterocycles. The van der Waals surface area contributed by atoms with Crippen molar-refractivity contribution < 1.29 is 28.7 Å². The van der Waals surface area contributed by atoms with E-state index >= 15 is 0 Å². The van der Waals surface area contributed by atoms with Gasteiger partial charge in [0.15, 0.2) is 0 Å². The molecule has 0 aliphatic carbocycles. The van der Waals surface area contributed by atoms with Crippen LogP contribution < -0.4 is 11.5 Å². The maximum Gasteiger partial charge on any atom is 0.330 e. The molecule has 8 heteroatoms. The van der Waals surface area contributed by atoms with Crippen LogP contribution in [0.5, 0.6) is 0 Å². The third kappa shape index (κ3) is 67.4. The van der Waals surface area contributed by atoms with Crippen LogP contribution >= 0.6 is 0 Å². The summed E-state index contributed by atoms with van der Waals surface area (Å²) in [5, 5.41) is 0. The molecule has 0 aliphatic heterocycles. The van der Waals surface area contributed by atoms with E-state index in [2.05, 4.69) is 40.7 Å². The first kappa shape index (κ1) is 28.3. The topological polar surface area (TPSA) is 139 Å². The minimum Gasteiger partial charge on any atom is -0.463 e. The van der Waals surface area contributed by atoms with Crippen LogP contribution in [0.3, 0.4) is 0 Å². The number of ether oxygens (including phenoxy) is 2. The summed E-state index contributed by atoms with van der Waals surface area (Å²) in [6.07, 6.45) is 5.56. The monoisotopic (exact) mass is 330 g/mol. The van der Waals surface area contributed by atoms with Crippen molar-refractivity contribution in [2.75, 3.05) is 6.61 Å². The molecule has 0 saturated carbocycles. The number of unbranched alkanes of at least 4 members (excludes halogenated alkanes) is 1. The molecule has 0 saturated heterocycles. The van der Waals surface area contributed by atoms with Crippen LogP contribution in [0.15, 0.2) is 38.2 Å². The minimum atomic E-state index is -0.481. The predicted molar refractivity (Wildman–Crippen MR) is 87.7 cm³/mol. The van der Waals surface area contributed by atoms with Crippen molar-refractivity contribution in [2.45, 2.75) is 26.7 Å². The number of hydrogen-bond donors (Lipinski definition) is 2. The van der Waals surface area contributed by atoms with Gasteiger partial charge in [-0.3, -0.25) is 14.4 Å². The van der Waals surface area contributed by atoms with Crippen molar-refractivity contribution in [1.82, 2.24) is 0 Å². The molecule has 0 heterocycles. The number of hydrogen-bond acceptors (Lipinski definition) is 6. The standard InChI is InChI=1S/C7H12O2.C4H6O2.C3H5NO.CH3NO/c1-3-5-6-9-7(8)4-2;1-3-6-4(2)5;1-2-3(4)5;2-1-3/h4H,2-3,5-6H2,1H3;3H,1H2,2H3;2H,1H2,(H2,4,5);1H,(H2,2,3). The molecule has 4 N–H and O–H groups in total. The maximum absolute atomic E-state index is 10.3. The van der Waals surface area contributed by atoms with Gasteiger partial charge in [0.25, 0.3) is 0 Å². The molecule has 0 atom stereocenters. The van der Waals surface area contributed by atoms with Crippen LogP contribution in [0.25, 0.3) is 0 Å². The van der Waals surface area contributed by atoms with E-state index in [-0.39, 0.29) is 18.3 Å². The molecule has 0 aliphatic rings. The van der Waals surface area contributed by atoms with E-state index in [9.17, 15) is 14.4 Å². The van der Waals surface area contributed by atoms with Crippen molar-refractivity contribution >= 4 is 24.3 Å². The number of primary amides is 2. The molecule has 0 unspecified atom stereocenters. The van der Waals surface area contributed by atoms with Crippen LogP contribution in [0.1, 0.15) is 26.7 Å². The van der Waals surface area contributed by atoms with Crippen LogP contribution in [0.4, 0.5) is 0 Å². The molecule has 2 amide bonds. The van der Waals surface area contributed by atoms with E-state index in [1.807, 2.05) is 6.92 Å². The number of carbonyl (C=O) groups excluding carboxylic acids is 4. The van der Waals surface area contributed by atoms with Crippen LogP contribution in [0.2, 0.25) is 0 Å². The summed E-state index contributed by atoms with van der Waals surface area (Å²) in [5.41, 5.74) is 8.70. The lowest BCUT2D eigenvalue weighted by atomic mass is 10.4. The van der Waals surface area contributed by atoms with Crippen LogP contribution in [0, 0.1) is 0 Å². The number of carbonyl (C=O) groups is 4. The fraction of sp³-hybridized carbons (Fsp3) is 0.333. The summed E-state index contributed by atoms with van der Waals surface area (Å²) in [6, 6.07) is 0. The molecule has 0 fully saturated rings. The first-order valence-corrected chi connectivity index (χ1v) is 6.41. The Kier molecular flexibility index (Phi) is 33.8. The number of nitrogens with two attached hydrogens (primary N) is 2. The molecule has 0 bridgehead atoms. The van der Waals surface area contributed by atoms with Gasteiger partial charge in [0.2, 0.25) is 12.3 Å². The van der Waals surface area contributed by atoms with E-state index in [0.717, 1.165) is 25.2 Å². The van der Waals surface area contributed by atoms with Gasteiger partial charge in [-0.05, 0) is 12.5 Å². The Labute approximate surface area is 136 Å². The second-order valence-corrected chi connectivity index (χ2v) is 3.24. The van der Waals surface area contributed by atoms with Gasteiger partial charge in [0.1, 0.15) is 0 Å². The molecule has 0 aromatic rings. The zero-order valence-electron chi connectivity index (χ0n) is 13.7. The normalized spacial score (nSPS) is 7.04. The predicted octanol–water partition coefficient (Wildman–Crippen LogP) is 0.968. The maximum atomic E-state index is 10.3. The second kappa shape index (κ2) is 27.4. The van der Waals surface area contributed by atoms with Crippen molar-refractivity contribution in [1.29, 1.82) is 0 Å². The molecule has 0 radical (unpaired) electrons. The fourth-order valence-electron chi connectivity index (χ4n) is 0.493. The third-order valence-corrected chi connectivity index (χ3v) is 1.36. The summed E-state index contributed by atoms with van der Waals surface area (Å²) >= 11 is 0. The number of amides is 2. The van der Waals surface area contributed by atoms with Crippen LogP contribution in [-0.4, -0.2) is 30.9 Å². The highest BCUT2D eigenvalue weighted by Gasteiger charge is 1.91. The summed E-state index contributed by atoms with van der Waals surface area (Å²) < 4.78 is 8.84. The van der Waals surface area contributed by atoms with Gasteiger partial charge >= 0.3 is 11.9 Å². The second-order valence-electron chi connectivity index (χ2n) is 3.24. The summed E-state index contributed by atoms with van der Waals surface area (Å²) in [4.78, 5) is 38.2. The average molecular weight is 330 g/mol. The van der Waals surface area contributed by atoms with Gasteiger partial charge in [-0.25, -0.2) is 4.79 Å². The lowest BCUT2D eigenvalue weighted by molar-refractivity contribution is -0.138. The van der Waals surface area contributed by atoms with Gasteiger partial charge < -0.3 is 20.9 Å². The summed E-state index contributed by atoms with van der Waals surface area (Å²) in [7, 11) is 0. The molecule has 0 spiro atoms. The molecule has 23 heavy (non-hydrogen) atoms. The molecular formula is C15H26N2O6. The Morgan fingerprint density at radius 1 is 1.13 bits per heavy atom. The third-order valence-electron chi connectivity index (χ3n) is 1.36. The summed E-state index contributed by atoms with van der Waals surface area (Å²) in [6.45, 7) is 13.4. The molecular weight excluding hydrogens is 304 g/mol. The van der Waals surface area contributed by atoms with Gasteiger partial charge in [0, 0.05) is 13.0 Å². The highest BCUT2D eigenvalue weighted by molar-refractivity contribution is 5.85. The Morgan fingerprint density at radius 3 is 1.74 bits per heavy atom. The Morgan fingerprint density at radius 2 is 1.57 bits per heavy atom. The van der Waals surface area contributed by atoms with E-state index in [4.69, 9.17) is 4.79 Å². The lowest BCUT2D eigenvalue weighted by Crippen LogP contribution is -2.04. The van der Waals surface area contributed by atoms with Gasteiger partial charge in [0.05, 0.1) is 12.9 Å². The van der Waals surface area contributed by atoms with E-state index in [0.29, 0.717) is 6.61 Å². The molecule has 0 rings (SSSR count). The largest absolute Gasteiger partial charge is 0.463 e. The van der Waals surface area contributed by atoms with Crippen molar-refractivity contribution in [2.24, 2.45) is 11.5 Å². The SMILES string of the molecule is C=CC(=O)OCCCC.C=CC(N)=O.C=COC(C)=O.NC=O. The lowest BCUT2D eigenvalue weighted by Gasteiger charge is -1.97. The van der Waals surface area contributed by atoms with E-state index < -0.39 is 5.91 Å². The van der Waals surface area contributed by atoms with E-state index in [1.165, 1.54) is 13.0 Å². The first-order valence-electron chi connectivity index (χ1n) is 6.41. The van der Waals surface area contributed by atoms with Gasteiger partial charge in [-0.2, -0.15) is 0 Å². The fourth-order valence-corrected chi connectivity index (χ4v) is 0.493. The average Bonchev–Trinajstić information content (AvgIpc) is 2.49. The number of rotatable bonds is 6. The smallest absolute Gasteiger partial charge is 0.330 e. The molecule has 8 nitrogen and oxygen atoms in total. The molecule has 0 aromatic carbocycles. The minimum absolute atomic E-state index is 0.250. The zero-order valence-corrected chi connectivity index (χ0v) is 13.7. The van der Waals surface area contributed by atoms with Crippen LogP contribution in [-0.2, 0) is 28.7 Å². The quantitative estimate of drug-likeness (QED) is 0.244. The van der Waals surface area contributed by atoms with E-state index in [1.54, 1.807) is 0 Å². The van der Waals surface area contributed by atoms with Crippen molar-refractivity contribution in [3.63, 3.8) is 0 Å². The Balaban J connectivity index is -0.000000113. The van der Waals surface area contributed by atoms with Gasteiger partial charge in [-0.15, -0.1) is 0 Å². The Bertz CT molecular complexity index is 367. The highest BCUT2D eigenvalue weighted by atomic mass is 16.5. The zero-order chi connectivity index (χ0) is 19.1. The highest BCUT2D eigenvalue weighted by Crippen LogP contribution is 1.88. The van der Waals surface area contributed by atoms with Crippen molar-refractivity contribution in [3.05, 3.63) is 38.2 Å². The van der Waals surface area contributed by atoms with Gasteiger partial charge in [-0.1, -0.05) is 33.1 Å². The first-order chi connectivity index (χ1) is 10.8. The number of esters is 2. The van der Waals surface area contributed by atoms with Crippen molar-refractivity contribution in [3.8, 4) is 0 Å². The Hall–Kier alpha value is -2.90. The summed E-state index contributed by atoms with van der Waals surface area (Å²) in [5.74, 6) is -1.14. The molecule has 132 valence electrons.